The maximum Gasteiger partial charge on any atom is 0.269 e. The zero-order valence-electron chi connectivity index (χ0n) is 17.6. The molecule has 0 radical (unpaired) electrons. The van der Waals surface area contributed by atoms with Crippen molar-refractivity contribution in [2.75, 3.05) is 16.8 Å². The molecule has 0 aromatic heterocycles. The van der Waals surface area contributed by atoms with Gasteiger partial charge in [-0.1, -0.05) is 11.6 Å². The molecule has 4 heterocycles. The van der Waals surface area contributed by atoms with Crippen LogP contribution in [-0.2, 0) is 19.9 Å². The summed E-state index contributed by atoms with van der Waals surface area (Å²) in [6, 6.07) is 8.94. The lowest BCUT2D eigenvalue weighted by molar-refractivity contribution is -0.384. The third-order valence-corrected chi connectivity index (χ3v) is 7.82. The maximum absolute atomic E-state index is 13.9. The topological polar surface area (TPSA) is 113 Å². The molecule has 2 aromatic carbocycles. The van der Waals surface area contributed by atoms with E-state index < -0.39 is 28.2 Å². The number of nitrogens with zero attached hydrogens (tertiary/aromatic N) is 3. The summed E-state index contributed by atoms with van der Waals surface area (Å²) >= 11 is 6.29. The van der Waals surface area contributed by atoms with Crippen LogP contribution in [0.15, 0.2) is 36.4 Å². The number of hydrogen-bond donors (Lipinski definition) is 1. The molecule has 10 heteroatoms. The molecule has 4 atom stereocenters. The van der Waals surface area contributed by atoms with Gasteiger partial charge in [-0.05, 0) is 56.1 Å². The first-order valence-corrected chi connectivity index (χ1v) is 11.2. The quantitative estimate of drug-likeness (QED) is 0.413. The third-order valence-electron chi connectivity index (χ3n) is 7.59. The van der Waals surface area contributed by atoms with Gasteiger partial charge in [-0.3, -0.25) is 29.4 Å². The molecule has 3 amide bonds. The molecule has 9 nitrogen and oxygen atoms in total. The molecule has 0 bridgehead atoms. The molecule has 6 rings (SSSR count). The summed E-state index contributed by atoms with van der Waals surface area (Å²) in [6.07, 6.45) is 1.52. The van der Waals surface area contributed by atoms with E-state index in [1.165, 1.54) is 18.2 Å². The molecule has 0 aliphatic carbocycles. The Bertz CT molecular complexity index is 1300. The molecule has 0 unspecified atom stereocenters. The van der Waals surface area contributed by atoms with Gasteiger partial charge in [0.15, 0.2) is 0 Å². The van der Waals surface area contributed by atoms with E-state index in [4.69, 9.17) is 11.6 Å². The van der Waals surface area contributed by atoms with Gasteiger partial charge >= 0.3 is 0 Å². The number of nitro benzene ring substituents is 1. The molecule has 4 aliphatic rings. The third kappa shape index (κ3) is 2.38. The first-order valence-electron chi connectivity index (χ1n) is 10.8. The van der Waals surface area contributed by atoms with Crippen molar-refractivity contribution in [2.24, 2.45) is 11.8 Å². The monoisotopic (exact) mass is 466 g/mol. The van der Waals surface area contributed by atoms with E-state index in [0.717, 1.165) is 11.3 Å². The number of non-ortho nitro benzene ring substituents is 1. The number of hydrogen-bond acceptors (Lipinski definition) is 6. The predicted octanol–water partition coefficient (Wildman–Crippen LogP) is 2.99. The first-order chi connectivity index (χ1) is 15.8. The lowest BCUT2D eigenvalue weighted by Gasteiger charge is -2.36. The summed E-state index contributed by atoms with van der Waals surface area (Å²) in [5.41, 5.74) is 0.566. The first kappa shape index (κ1) is 20.3. The van der Waals surface area contributed by atoms with Crippen molar-refractivity contribution in [3.8, 4) is 0 Å². The van der Waals surface area contributed by atoms with Gasteiger partial charge in [0.25, 0.3) is 5.69 Å². The van der Waals surface area contributed by atoms with E-state index in [1.54, 1.807) is 25.1 Å². The lowest BCUT2D eigenvalue weighted by atomic mass is 9.75. The highest BCUT2D eigenvalue weighted by molar-refractivity contribution is 6.31. The highest BCUT2D eigenvalue weighted by Gasteiger charge is 2.74. The highest BCUT2D eigenvalue weighted by Crippen LogP contribution is 2.61. The van der Waals surface area contributed by atoms with Crippen molar-refractivity contribution in [1.29, 1.82) is 0 Å². The second-order valence-electron chi connectivity index (χ2n) is 9.06. The summed E-state index contributed by atoms with van der Waals surface area (Å²) < 4.78 is 0. The van der Waals surface area contributed by atoms with Crippen molar-refractivity contribution in [1.82, 2.24) is 4.90 Å². The Morgan fingerprint density at radius 1 is 1.15 bits per heavy atom. The van der Waals surface area contributed by atoms with Crippen LogP contribution >= 0.6 is 11.6 Å². The number of anilines is 2. The fourth-order valence-electron chi connectivity index (χ4n) is 6.42. The van der Waals surface area contributed by atoms with Crippen LogP contribution in [-0.4, -0.2) is 40.1 Å². The molecule has 2 aromatic rings. The average Bonchev–Trinajstić information content (AvgIpc) is 3.47. The number of rotatable bonds is 2. The van der Waals surface area contributed by atoms with E-state index in [9.17, 15) is 24.5 Å². The molecule has 4 aliphatic heterocycles. The van der Waals surface area contributed by atoms with Crippen LogP contribution in [0.3, 0.4) is 0 Å². The number of imide groups is 1. The van der Waals surface area contributed by atoms with Crippen molar-refractivity contribution in [2.45, 2.75) is 31.3 Å². The lowest BCUT2D eigenvalue weighted by Crippen LogP contribution is -2.54. The summed E-state index contributed by atoms with van der Waals surface area (Å²) in [5, 5.41) is 14.5. The largest absolute Gasteiger partial charge is 0.324 e. The van der Waals surface area contributed by atoms with Gasteiger partial charge in [0, 0.05) is 34.4 Å². The number of carbonyl (C=O) groups excluding carboxylic acids is 3. The number of benzene rings is 2. The number of carbonyl (C=O) groups is 3. The Kier molecular flexibility index (Phi) is 4.07. The van der Waals surface area contributed by atoms with Crippen LogP contribution in [0.5, 0.6) is 0 Å². The molecule has 3 saturated heterocycles. The number of nitrogens with one attached hydrogen (secondary N) is 1. The fraction of sp³-hybridized carbons (Fsp3) is 0.348. The Balaban J connectivity index is 1.53. The molecule has 1 spiro atoms. The van der Waals surface area contributed by atoms with Gasteiger partial charge in [0.1, 0.15) is 5.54 Å². The van der Waals surface area contributed by atoms with Gasteiger partial charge < -0.3 is 5.32 Å². The average molecular weight is 467 g/mol. The van der Waals surface area contributed by atoms with Crippen LogP contribution in [0, 0.1) is 28.9 Å². The normalized spacial score (nSPS) is 30.1. The molecular formula is C23H19ClN4O5. The smallest absolute Gasteiger partial charge is 0.269 e. The summed E-state index contributed by atoms with van der Waals surface area (Å²) in [4.78, 5) is 55.0. The number of amides is 3. The van der Waals surface area contributed by atoms with Crippen LogP contribution in [0.2, 0.25) is 5.02 Å². The van der Waals surface area contributed by atoms with E-state index in [0.29, 0.717) is 40.5 Å². The van der Waals surface area contributed by atoms with E-state index >= 15 is 0 Å². The van der Waals surface area contributed by atoms with Gasteiger partial charge in [-0.15, -0.1) is 0 Å². The van der Waals surface area contributed by atoms with Gasteiger partial charge in [-0.2, -0.15) is 0 Å². The van der Waals surface area contributed by atoms with Crippen LogP contribution in [0.1, 0.15) is 24.0 Å². The minimum absolute atomic E-state index is 0.118. The van der Waals surface area contributed by atoms with Crippen molar-refractivity contribution in [3.63, 3.8) is 0 Å². The van der Waals surface area contributed by atoms with Crippen LogP contribution in [0.25, 0.3) is 0 Å². The van der Waals surface area contributed by atoms with Gasteiger partial charge in [0.05, 0.1) is 22.4 Å². The van der Waals surface area contributed by atoms with Crippen molar-refractivity contribution in [3.05, 3.63) is 62.7 Å². The maximum atomic E-state index is 13.9. The van der Waals surface area contributed by atoms with E-state index in [2.05, 4.69) is 5.32 Å². The van der Waals surface area contributed by atoms with Crippen LogP contribution in [0.4, 0.5) is 17.1 Å². The molecule has 3 fully saturated rings. The highest BCUT2D eigenvalue weighted by atomic mass is 35.5. The van der Waals surface area contributed by atoms with Crippen LogP contribution < -0.4 is 10.2 Å². The second kappa shape index (κ2) is 6.61. The number of aryl methyl sites for hydroxylation is 1. The minimum Gasteiger partial charge on any atom is -0.324 e. The van der Waals surface area contributed by atoms with Crippen molar-refractivity contribution < 1.29 is 19.3 Å². The molecular weight excluding hydrogens is 448 g/mol. The number of halogens is 1. The summed E-state index contributed by atoms with van der Waals surface area (Å²) in [6.45, 7) is 2.24. The number of nitro groups is 1. The van der Waals surface area contributed by atoms with Gasteiger partial charge in [-0.25, -0.2) is 4.90 Å². The van der Waals surface area contributed by atoms with E-state index in [-0.39, 0.29) is 23.5 Å². The van der Waals surface area contributed by atoms with Crippen molar-refractivity contribution >= 4 is 46.4 Å². The van der Waals surface area contributed by atoms with Gasteiger partial charge in [0.2, 0.25) is 17.7 Å². The fourth-order valence-corrected chi connectivity index (χ4v) is 6.59. The molecule has 1 N–H and O–H groups in total. The standard InChI is InChI=1S/C23H19ClN4O5/c1-11-9-13(28(32)33)5-7-16(11)27-20(29)18-17-3-2-8-26(17)23(19(18)21(27)30)14-10-12(24)4-6-15(14)25-22(23)31/h4-7,9-10,17-19H,2-3,8H2,1H3,(H,25,31)/t17-,18+,19+,23+/m0/s1. The number of fused-ring (bicyclic) bond motifs is 7. The zero-order valence-corrected chi connectivity index (χ0v) is 18.3. The summed E-state index contributed by atoms with van der Waals surface area (Å²) in [5.74, 6) is -2.71. The zero-order chi connectivity index (χ0) is 23.2. The minimum atomic E-state index is -1.30. The Morgan fingerprint density at radius 2 is 1.94 bits per heavy atom. The Labute approximate surface area is 193 Å². The molecule has 168 valence electrons. The molecule has 0 saturated carbocycles. The Hall–Kier alpha value is -3.30. The summed E-state index contributed by atoms with van der Waals surface area (Å²) in [7, 11) is 0. The second-order valence-corrected chi connectivity index (χ2v) is 9.49. The Morgan fingerprint density at radius 3 is 2.67 bits per heavy atom. The molecule has 33 heavy (non-hydrogen) atoms. The predicted molar refractivity (Wildman–Crippen MR) is 119 cm³/mol. The SMILES string of the molecule is Cc1cc([N+](=O)[O-])ccc1N1C(=O)[C@@H]2[C@@H]3CCCN3[C@@]3(C(=O)Nc4ccc(Cl)cc43)[C@H]2C1=O. The van der Waals surface area contributed by atoms with E-state index in [1.807, 2.05) is 4.90 Å².